The molecule has 7 nitrogen and oxygen atoms in total. The Hall–Kier alpha value is -2.67. The number of nitrogens with one attached hydrogen (secondary N) is 2. The number of H-pyrrole nitrogens is 1. The van der Waals surface area contributed by atoms with Crippen molar-refractivity contribution in [2.45, 2.75) is 6.04 Å². The Labute approximate surface area is 120 Å². The maximum Gasteiger partial charge on any atom is 0.330 e. The lowest BCUT2D eigenvalue weighted by Gasteiger charge is -2.13. The highest BCUT2D eigenvalue weighted by Crippen LogP contribution is 2.20. The molecule has 0 aliphatic heterocycles. The van der Waals surface area contributed by atoms with Crippen LogP contribution in [0.25, 0.3) is 11.3 Å². The number of methoxy groups -OCH3 is 1. The third kappa shape index (κ3) is 3.26. The van der Waals surface area contributed by atoms with E-state index in [1.54, 1.807) is 0 Å². The van der Waals surface area contributed by atoms with Crippen LogP contribution in [0.3, 0.4) is 0 Å². The molecule has 0 aliphatic carbocycles. The highest BCUT2D eigenvalue weighted by molar-refractivity contribution is 6.01. The molecule has 0 fully saturated rings. The van der Waals surface area contributed by atoms with Crippen LogP contribution in [0.1, 0.15) is 10.4 Å². The van der Waals surface area contributed by atoms with E-state index in [0.717, 1.165) is 5.56 Å². The van der Waals surface area contributed by atoms with E-state index < -0.39 is 24.5 Å². The van der Waals surface area contributed by atoms with E-state index in [4.69, 9.17) is 5.11 Å². The number of aromatic amines is 1. The zero-order valence-electron chi connectivity index (χ0n) is 11.4. The Morgan fingerprint density at radius 3 is 2.71 bits per heavy atom. The van der Waals surface area contributed by atoms with Gasteiger partial charge in [-0.25, -0.2) is 4.79 Å². The number of aliphatic hydroxyl groups is 1. The van der Waals surface area contributed by atoms with Crippen molar-refractivity contribution in [2.24, 2.45) is 0 Å². The highest BCUT2D eigenvalue weighted by Gasteiger charge is 2.23. The molecule has 0 saturated heterocycles. The second-order valence-electron chi connectivity index (χ2n) is 4.26. The molecule has 7 heteroatoms. The molecule has 1 amide bonds. The van der Waals surface area contributed by atoms with Gasteiger partial charge >= 0.3 is 5.97 Å². The summed E-state index contributed by atoms with van der Waals surface area (Å²) in [4.78, 5) is 23.6. The third-order valence-electron chi connectivity index (χ3n) is 2.92. The Morgan fingerprint density at radius 2 is 2.10 bits per heavy atom. The molecule has 1 unspecified atom stereocenters. The normalized spacial score (nSPS) is 11.7. The van der Waals surface area contributed by atoms with Crippen LogP contribution in [0.4, 0.5) is 0 Å². The van der Waals surface area contributed by atoms with Gasteiger partial charge in [0.1, 0.15) is 0 Å². The minimum absolute atomic E-state index is 0.281. The minimum Gasteiger partial charge on any atom is -0.467 e. The lowest BCUT2D eigenvalue weighted by Crippen LogP contribution is -2.44. The number of benzene rings is 1. The molecule has 0 bridgehead atoms. The molecule has 2 aromatic rings. The topological polar surface area (TPSA) is 104 Å². The highest BCUT2D eigenvalue weighted by atomic mass is 16.5. The molecule has 0 radical (unpaired) electrons. The third-order valence-corrected chi connectivity index (χ3v) is 2.92. The van der Waals surface area contributed by atoms with Gasteiger partial charge in [0, 0.05) is 5.56 Å². The van der Waals surface area contributed by atoms with Crippen molar-refractivity contribution in [3.8, 4) is 11.3 Å². The van der Waals surface area contributed by atoms with Gasteiger partial charge in [0.2, 0.25) is 0 Å². The maximum absolute atomic E-state index is 12.2. The molecular formula is C14H15N3O4. The number of carbonyl (C=O) groups excluding carboxylic acids is 2. The van der Waals surface area contributed by atoms with Gasteiger partial charge in [-0.1, -0.05) is 30.3 Å². The molecule has 1 aromatic heterocycles. The lowest BCUT2D eigenvalue weighted by molar-refractivity contribution is -0.143. The standard InChI is InChI=1S/C14H15N3O4/c1-21-14(20)11(8-18)16-13(19)10-7-15-17-12(10)9-5-3-2-4-6-9/h2-7,11,18H,8H2,1H3,(H,15,17)(H,16,19). The monoisotopic (exact) mass is 289 g/mol. The predicted octanol–water partition coefficient (Wildman–Crippen LogP) is 0.340. The van der Waals surface area contributed by atoms with Crippen molar-refractivity contribution < 1.29 is 19.4 Å². The van der Waals surface area contributed by atoms with E-state index >= 15 is 0 Å². The molecule has 0 saturated carbocycles. The Morgan fingerprint density at radius 1 is 1.38 bits per heavy atom. The van der Waals surface area contributed by atoms with Crippen LogP contribution in [-0.2, 0) is 9.53 Å². The van der Waals surface area contributed by atoms with Gasteiger partial charge in [-0.3, -0.25) is 9.89 Å². The largest absolute Gasteiger partial charge is 0.467 e. The van der Waals surface area contributed by atoms with Gasteiger partial charge in [-0.2, -0.15) is 5.10 Å². The molecular weight excluding hydrogens is 274 g/mol. The number of hydrogen-bond donors (Lipinski definition) is 3. The van der Waals surface area contributed by atoms with Gasteiger partial charge in [-0.05, 0) is 0 Å². The number of esters is 1. The second-order valence-corrected chi connectivity index (χ2v) is 4.26. The second kappa shape index (κ2) is 6.67. The van der Waals surface area contributed by atoms with E-state index in [0.29, 0.717) is 5.69 Å². The summed E-state index contributed by atoms with van der Waals surface area (Å²) in [5.74, 6) is -1.23. The number of nitrogens with zero attached hydrogens (tertiary/aromatic N) is 1. The molecule has 1 atom stereocenters. The number of amides is 1. The van der Waals surface area contributed by atoms with E-state index in [2.05, 4.69) is 20.3 Å². The van der Waals surface area contributed by atoms with Crippen molar-refractivity contribution >= 4 is 11.9 Å². The summed E-state index contributed by atoms with van der Waals surface area (Å²) in [6, 6.07) is 8.08. The van der Waals surface area contributed by atoms with Crippen LogP contribution in [0.2, 0.25) is 0 Å². The van der Waals surface area contributed by atoms with Gasteiger partial charge in [0.05, 0.1) is 31.2 Å². The zero-order chi connectivity index (χ0) is 15.2. The molecule has 0 spiro atoms. The van der Waals surface area contributed by atoms with Crippen molar-refractivity contribution in [3.05, 3.63) is 42.1 Å². The van der Waals surface area contributed by atoms with Crippen LogP contribution in [0, 0.1) is 0 Å². The predicted molar refractivity (Wildman–Crippen MR) is 74.4 cm³/mol. The summed E-state index contributed by atoms with van der Waals surface area (Å²) in [6.07, 6.45) is 1.36. The molecule has 110 valence electrons. The van der Waals surface area contributed by atoms with E-state index in [1.165, 1.54) is 13.3 Å². The summed E-state index contributed by atoms with van der Waals surface area (Å²) in [6.45, 7) is -0.545. The van der Waals surface area contributed by atoms with Crippen molar-refractivity contribution in [1.29, 1.82) is 0 Å². The van der Waals surface area contributed by atoms with Gasteiger partial charge in [0.25, 0.3) is 5.91 Å². The Bertz CT molecular complexity index is 624. The summed E-state index contributed by atoms with van der Waals surface area (Å²) in [5, 5.41) is 18.1. The Balaban J connectivity index is 2.21. The lowest BCUT2D eigenvalue weighted by atomic mass is 10.1. The number of aliphatic hydroxyl groups excluding tert-OH is 1. The molecule has 2 rings (SSSR count). The summed E-state index contributed by atoms with van der Waals surface area (Å²) in [5.41, 5.74) is 1.61. The number of ether oxygens (including phenoxy) is 1. The van der Waals surface area contributed by atoms with Gasteiger partial charge in [-0.15, -0.1) is 0 Å². The quantitative estimate of drug-likeness (QED) is 0.689. The average molecular weight is 289 g/mol. The minimum atomic E-state index is -1.11. The fourth-order valence-corrected chi connectivity index (χ4v) is 1.84. The van der Waals surface area contributed by atoms with E-state index in [9.17, 15) is 9.59 Å². The molecule has 1 aromatic carbocycles. The first kappa shape index (κ1) is 14.7. The van der Waals surface area contributed by atoms with E-state index in [-0.39, 0.29) is 5.56 Å². The van der Waals surface area contributed by atoms with Crippen LogP contribution in [0.5, 0.6) is 0 Å². The molecule has 3 N–H and O–H groups in total. The molecule has 0 aliphatic rings. The fourth-order valence-electron chi connectivity index (χ4n) is 1.84. The number of hydrogen-bond acceptors (Lipinski definition) is 5. The first-order valence-corrected chi connectivity index (χ1v) is 6.25. The number of carbonyl (C=O) groups is 2. The van der Waals surface area contributed by atoms with Crippen molar-refractivity contribution in [3.63, 3.8) is 0 Å². The first-order chi connectivity index (χ1) is 10.2. The van der Waals surface area contributed by atoms with Crippen molar-refractivity contribution in [1.82, 2.24) is 15.5 Å². The number of rotatable bonds is 5. The summed E-state index contributed by atoms with van der Waals surface area (Å²) in [7, 11) is 1.18. The van der Waals surface area contributed by atoms with E-state index in [1.807, 2.05) is 30.3 Å². The van der Waals surface area contributed by atoms with Crippen LogP contribution in [0.15, 0.2) is 36.5 Å². The SMILES string of the molecule is COC(=O)C(CO)NC(=O)c1cn[nH]c1-c1ccccc1. The summed E-state index contributed by atoms with van der Waals surface area (Å²) >= 11 is 0. The smallest absolute Gasteiger partial charge is 0.330 e. The van der Waals surface area contributed by atoms with Crippen LogP contribution < -0.4 is 5.32 Å². The van der Waals surface area contributed by atoms with Gasteiger partial charge in [0.15, 0.2) is 6.04 Å². The Kier molecular flexibility index (Phi) is 4.68. The summed E-state index contributed by atoms with van der Waals surface area (Å²) < 4.78 is 4.50. The fraction of sp³-hybridized carbons (Fsp3) is 0.214. The molecule has 1 heterocycles. The molecule has 21 heavy (non-hydrogen) atoms. The van der Waals surface area contributed by atoms with Gasteiger partial charge < -0.3 is 15.2 Å². The van der Waals surface area contributed by atoms with Crippen molar-refractivity contribution in [2.75, 3.05) is 13.7 Å². The maximum atomic E-state index is 12.2. The van der Waals surface area contributed by atoms with Crippen LogP contribution >= 0.6 is 0 Å². The average Bonchev–Trinajstić information content (AvgIpc) is 3.02. The number of aromatic nitrogens is 2. The first-order valence-electron chi connectivity index (χ1n) is 6.25. The van der Waals surface area contributed by atoms with Crippen LogP contribution in [-0.4, -0.2) is 46.9 Å². The zero-order valence-corrected chi connectivity index (χ0v) is 11.4.